The van der Waals surface area contributed by atoms with E-state index in [1.807, 2.05) is 20.8 Å². The summed E-state index contributed by atoms with van der Waals surface area (Å²) >= 11 is 3.32. The largest absolute Gasteiger partial charge is 0.309 e. The first kappa shape index (κ1) is 11.2. The molecule has 76 valence electrons. The normalized spacial score (nSPS) is 10.6. The lowest BCUT2D eigenvalue weighted by Gasteiger charge is -2.15. The molecule has 0 amide bonds. The number of halogens is 1. The Balaban J connectivity index is 3.61. The van der Waals surface area contributed by atoms with Crippen LogP contribution in [0.5, 0.6) is 0 Å². The fourth-order valence-corrected chi connectivity index (χ4v) is 1.85. The number of aldehydes is 1. The third-order valence-corrected chi connectivity index (χ3v) is 2.90. The van der Waals surface area contributed by atoms with Crippen LogP contribution < -0.4 is 5.56 Å². The molecule has 0 atom stereocenters. The van der Waals surface area contributed by atoms with Crippen LogP contribution >= 0.6 is 15.9 Å². The molecule has 3 nitrogen and oxygen atoms in total. The Labute approximate surface area is 90.9 Å². The van der Waals surface area contributed by atoms with Crippen LogP contribution in [0.3, 0.4) is 0 Å². The van der Waals surface area contributed by atoms with Gasteiger partial charge in [-0.3, -0.25) is 9.59 Å². The standard InChI is InChI=1S/C10H12BrNO2/c1-6(2)12-7(3)9(11)4-8(5-13)10(12)14/h4-6H,1-3H3. The second kappa shape index (κ2) is 4.09. The van der Waals surface area contributed by atoms with Crippen LogP contribution in [-0.4, -0.2) is 10.9 Å². The quantitative estimate of drug-likeness (QED) is 0.763. The summed E-state index contributed by atoms with van der Waals surface area (Å²) in [6, 6.07) is 1.61. The van der Waals surface area contributed by atoms with E-state index in [9.17, 15) is 9.59 Å². The van der Waals surface area contributed by atoms with Crippen molar-refractivity contribution in [3.63, 3.8) is 0 Å². The van der Waals surface area contributed by atoms with Gasteiger partial charge in [0.1, 0.15) is 0 Å². The highest BCUT2D eigenvalue weighted by molar-refractivity contribution is 9.10. The molecule has 0 aliphatic heterocycles. The summed E-state index contributed by atoms with van der Waals surface area (Å²) in [5.74, 6) is 0. The minimum absolute atomic E-state index is 0.0544. The van der Waals surface area contributed by atoms with Gasteiger partial charge in [0.15, 0.2) is 6.29 Å². The highest BCUT2D eigenvalue weighted by Gasteiger charge is 2.11. The van der Waals surface area contributed by atoms with Gasteiger partial charge in [0.2, 0.25) is 0 Å². The second-order valence-corrected chi connectivity index (χ2v) is 4.27. The second-order valence-electron chi connectivity index (χ2n) is 3.42. The maximum Gasteiger partial charge on any atom is 0.261 e. The maximum atomic E-state index is 11.7. The fraction of sp³-hybridized carbons (Fsp3) is 0.400. The molecule has 1 aromatic heterocycles. The molecule has 0 N–H and O–H groups in total. The summed E-state index contributed by atoms with van der Waals surface area (Å²) in [6.45, 7) is 5.67. The predicted molar refractivity (Wildman–Crippen MR) is 58.9 cm³/mol. The zero-order chi connectivity index (χ0) is 10.9. The Morgan fingerprint density at radius 2 is 2.07 bits per heavy atom. The van der Waals surface area contributed by atoms with Crippen molar-refractivity contribution in [3.05, 3.63) is 32.2 Å². The number of pyridine rings is 1. The topological polar surface area (TPSA) is 39.1 Å². The molecule has 0 fully saturated rings. The van der Waals surface area contributed by atoms with Crippen LogP contribution in [0.2, 0.25) is 0 Å². The number of hydrogen-bond acceptors (Lipinski definition) is 2. The van der Waals surface area contributed by atoms with Gasteiger partial charge in [-0.1, -0.05) is 0 Å². The third kappa shape index (κ3) is 1.80. The molecule has 0 aromatic carbocycles. The van der Waals surface area contributed by atoms with Crippen molar-refractivity contribution in [1.82, 2.24) is 4.57 Å². The zero-order valence-corrected chi connectivity index (χ0v) is 9.96. The SMILES string of the molecule is Cc1c(Br)cc(C=O)c(=O)n1C(C)C. The summed E-state index contributed by atoms with van der Waals surface area (Å²) in [4.78, 5) is 22.4. The van der Waals surface area contributed by atoms with Crippen LogP contribution in [-0.2, 0) is 0 Å². The predicted octanol–water partition coefficient (Wildman–Crippen LogP) is 2.31. The average Bonchev–Trinajstić information content (AvgIpc) is 2.11. The van der Waals surface area contributed by atoms with E-state index in [-0.39, 0.29) is 17.2 Å². The van der Waals surface area contributed by atoms with Crippen molar-refractivity contribution < 1.29 is 4.79 Å². The molecular formula is C10H12BrNO2. The first-order valence-corrected chi connectivity index (χ1v) is 5.15. The van der Waals surface area contributed by atoms with Crippen molar-refractivity contribution in [3.8, 4) is 0 Å². The van der Waals surface area contributed by atoms with E-state index < -0.39 is 0 Å². The van der Waals surface area contributed by atoms with Gasteiger partial charge in [0, 0.05) is 16.2 Å². The van der Waals surface area contributed by atoms with E-state index in [4.69, 9.17) is 0 Å². The Morgan fingerprint density at radius 1 is 1.50 bits per heavy atom. The van der Waals surface area contributed by atoms with Crippen molar-refractivity contribution in [1.29, 1.82) is 0 Å². The van der Waals surface area contributed by atoms with Crippen LogP contribution in [0.25, 0.3) is 0 Å². The van der Waals surface area contributed by atoms with Crippen molar-refractivity contribution in [2.45, 2.75) is 26.8 Å². The molecule has 0 saturated carbocycles. The van der Waals surface area contributed by atoms with Crippen LogP contribution in [0.4, 0.5) is 0 Å². The van der Waals surface area contributed by atoms with Gasteiger partial charge in [-0.2, -0.15) is 0 Å². The molecule has 4 heteroatoms. The lowest BCUT2D eigenvalue weighted by molar-refractivity contribution is 0.112. The molecule has 0 aliphatic rings. The van der Waals surface area contributed by atoms with Gasteiger partial charge in [-0.05, 0) is 42.8 Å². The van der Waals surface area contributed by atoms with Crippen LogP contribution in [0.15, 0.2) is 15.3 Å². The monoisotopic (exact) mass is 257 g/mol. The highest BCUT2D eigenvalue weighted by atomic mass is 79.9. The molecular weight excluding hydrogens is 246 g/mol. The molecule has 0 aliphatic carbocycles. The van der Waals surface area contributed by atoms with Crippen LogP contribution in [0, 0.1) is 6.92 Å². The maximum absolute atomic E-state index is 11.7. The van der Waals surface area contributed by atoms with Gasteiger partial charge in [0.25, 0.3) is 5.56 Å². The fourth-order valence-electron chi connectivity index (χ4n) is 1.42. The number of carbonyl (C=O) groups excluding carboxylic acids is 1. The number of rotatable bonds is 2. The van der Waals surface area contributed by atoms with Crippen molar-refractivity contribution in [2.75, 3.05) is 0 Å². The average molecular weight is 258 g/mol. The molecule has 0 unspecified atom stereocenters. The van der Waals surface area contributed by atoms with Gasteiger partial charge < -0.3 is 4.57 Å². The van der Waals surface area contributed by atoms with Gasteiger partial charge in [-0.25, -0.2) is 0 Å². The summed E-state index contributed by atoms with van der Waals surface area (Å²) < 4.78 is 2.39. The van der Waals surface area contributed by atoms with Crippen LogP contribution in [0.1, 0.15) is 35.9 Å². The van der Waals surface area contributed by atoms with E-state index in [0.717, 1.165) is 10.2 Å². The summed E-state index contributed by atoms with van der Waals surface area (Å²) in [7, 11) is 0. The first-order chi connectivity index (χ1) is 6.49. The summed E-state index contributed by atoms with van der Waals surface area (Å²) in [5.41, 5.74) is 0.808. The van der Waals surface area contributed by atoms with E-state index in [1.165, 1.54) is 0 Å². The Hall–Kier alpha value is -0.900. The van der Waals surface area contributed by atoms with E-state index in [2.05, 4.69) is 15.9 Å². The first-order valence-electron chi connectivity index (χ1n) is 4.35. The van der Waals surface area contributed by atoms with E-state index in [0.29, 0.717) is 6.29 Å². The molecule has 14 heavy (non-hydrogen) atoms. The Bertz CT molecular complexity index is 421. The minimum Gasteiger partial charge on any atom is -0.309 e. The molecule has 0 spiro atoms. The molecule has 1 rings (SSSR count). The lowest BCUT2D eigenvalue weighted by Crippen LogP contribution is -2.27. The smallest absolute Gasteiger partial charge is 0.261 e. The number of hydrogen-bond donors (Lipinski definition) is 0. The summed E-state index contributed by atoms with van der Waals surface area (Å²) in [6.07, 6.45) is 0.589. The van der Waals surface area contributed by atoms with E-state index >= 15 is 0 Å². The van der Waals surface area contributed by atoms with E-state index in [1.54, 1.807) is 10.6 Å². The Kier molecular flexibility index (Phi) is 3.26. The number of carbonyl (C=O) groups is 1. The zero-order valence-electron chi connectivity index (χ0n) is 8.37. The van der Waals surface area contributed by atoms with Gasteiger partial charge >= 0.3 is 0 Å². The van der Waals surface area contributed by atoms with Crippen molar-refractivity contribution in [2.24, 2.45) is 0 Å². The lowest BCUT2D eigenvalue weighted by atomic mass is 10.2. The molecule has 1 heterocycles. The molecule has 0 bridgehead atoms. The molecule has 1 aromatic rings. The van der Waals surface area contributed by atoms with Crippen molar-refractivity contribution >= 4 is 22.2 Å². The third-order valence-electron chi connectivity index (χ3n) is 2.10. The van der Waals surface area contributed by atoms with Gasteiger partial charge in [0.05, 0.1) is 5.56 Å². The number of aromatic nitrogens is 1. The highest BCUT2D eigenvalue weighted by Crippen LogP contribution is 2.17. The number of nitrogens with zero attached hydrogens (tertiary/aromatic N) is 1. The molecule has 0 radical (unpaired) electrons. The Morgan fingerprint density at radius 3 is 2.50 bits per heavy atom. The summed E-state index contributed by atoms with van der Waals surface area (Å²) in [5, 5.41) is 0. The van der Waals surface area contributed by atoms with Gasteiger partial charge in [-0.15, -0.1) is 0 Å². The molecule has 0 saturated heterocycles. The minimum atomic E-state index is -0.226.